The smallest absolute Gasteiger partial charge is 0.422 e. The Bertz CT molecular complexity index is 854. The molecule has 2 amide bonds. The molecule has 0 spiro atoms. The Labute approximate surface area is 164 Å². The molecule has 1 aromatic heterocycles. The Balaban J connectivity index is 1.50. The molecule has 0 saturated carbocycles. The maximum absolute atomic E-state index is 12.2. The number of piperazine rings is 1. The summed E-state index contributed by atoms with van der Waals surface area (Å²) in [5.74, 6) is -0.631. The number of rotatable bonds is 6. The van der Waals surface area contributed by atoms with E-state index in [-0.39, 0.29) is 23.9 Å². The van der Waals surface area contributed by atoms with Gasteiger partial charge in [0.25, 0.3) is 5.91 Å². The molecule has 3 rings (SSSR count). The molecule has 10 heteroatoms. The molecule has 0 bridgehead atoms. The number of alkyl halides is 3. The van der Waals surface area contributed by atoms with Crippen LogP contribution in [0.5, 0.6) is 5.88 Å². The Morgan fingerprint density at radius 2 is 1.97 bits per heavy atom. The molecule has 154 valence electrons. The third kappa shape index (κ3) is 6.09. The summed E-state index contributed by atoms with van der Waals surface area (Å²) in [7, 11) is 0. The van der Waals surface area contributed by atoms with Gasteiger partial charge in [0.05, 0.1) is 12.1 Å². The number of nitrogens with one attached hydrogen (secondary N) is 2. The minimum atomic E-state index is -4.45. The van der Waals surface area contributed by atoms with E-state index in [1.807, 2.05) is 29.2 Å². The van der Waals surface area contributed by atoms with Crippen LogP contribution in [0.1, 0.15) is 15.9 Å². The Morgan fingerprint density at radius 3 is 2.59 bits per heavy atom. The van der Waals surface area contributed by atoms with Crippen molar-refractivity contribution in [1.29, 1.82) is 0 Å². The first-order valence-electron chi connectivity index (χ1n) is 8.84. The van der Waals surface area contributed by atoms with Crippen molar-refractivity contribution in [1.82, 2.24) is 15.6 Å². The van der Waals surface area contributed by atoms with Crippen LogP contribution in [-0.4, -0.2) is 49.2 Å². The molecular weight excluding hydrogens is 389 g/mol. The molecule has 1 aromatic carbocycles. The molecule has 29 heavy (non-hydrogen) atoms. The highest BCUT2D eigenvalue weighted by Gasteiger charge is 2.28. The van der Waals surface area contributed by atoms with Crippen molar-refractivity contribution in [2.24, 2.45) is 0 Å². The lowest BCUT2D eigenvalue weighted by Gasteiger charge is -2.28. The summed E-state index contributed by atoms with van der Waals surface area (Å²) in [5.41, 5.74) is 2.00. The number of benzene rings is 1. The first kappa shape index (κ1) is 20.4. The highest BCUT2D eigenvalue weighted by Crippen LogP contribution is 2.18. The van der Waals surface area contributed by atoms with Gasteiger partial charge in [0, 0.05) is 37.6 Å². The van der Waals surface area contributed by atoms with E-state index in [1.165, 1.54) is 12.1 Å². The van der Waals surface area contributed by atoms with E-state index >= 15 is 0 Å². The number of pyridine rings is 1. The van der Waals surface area contributed by atoms with Crippen LogP contribution in [0.3, 0.4) is 0 Å². The van der Waals surface area contributed by atoms with Crippen LogP contribution in [0.25, 0.3) is 0 Å². The van der Waals surface area contributed by atoms with Crippen molar-refractivity contribution < 1.29 is 27.5 Å². The summed E-state index contributed by atoms with van der Waals surface area (Å²) in [6, 6.07) is 10.0. The fourth-order valence-electron chi connectivity index (χ4n) is 2.72. The van der Waals surface area contributed by atoms with Crippen molar-refractivity contribution in [2.75, 3.05) is 31.1 Å². The zero-order valence-corrected chi connectivity index (χ0v) is 15.3. The molecule has 2 N–H and O–H groups in total. The molecule has 1 aliphatic rings. The largest absolute Gasteiger partial charge is 0.468 e. The van der Waals surface area contributed by atoms with Gasteiger partial charge in [-0.1, -0.05) is 12.1 Å². The van der Waals surface area contributed by atoms with Gasteiger partial charge in [-0.2, -0.15) is 13.2 Å². The van der Waals surface area contributed by atoms with Crippen molar-refractivity contribution in [3.63, 3.8) is 0 Å². The van der Waals surface area contributed by atoms with Crippen LogP contribution in [0.15, 0.2) is 42.6 Å². The van der Waals surface area contributed by atoms with Gasteiger partial charge in [-0.15, -0.1) is 0 Å². The number of hydrogen-bond acceptors (Lipinski definition) is 5. The number of anilines is 1. The van der Waals surface area contributed by atoms with Crippen LogP contribution in [0.4, 0.5) is 18.9 Å². The normalized spacial score (nSPS) is 14.3. The van der Waals surface area contributed by atoms with E-state index in [2.05, 4.69) is 20.4 Å². The van der Waals surface area contributed by atoms with E-state index < -0.39 is 18.7 Å². The van der Waals surface area contributed by atoms with Gasteiger partial charge in [-0.05, 0) is 23.8 Å². The molecule has 1 aliphatic heterocycles. The lowest BCUT2D eigenvalue weighted by atomic mass is 10.1. The van der Waals surface area contributed by atoms with Crippen molar-refractivity contribution in [3.05, 3.63) is 53.7 Å². The molecule has 7 nitrogen and oxygen atoms in total. The molecule has 0 atom stereocenters. The quantitative estimate of drug-likeness (QED) is 0.763. The highest BCUT2D eigenvalue weighted by molar-refractivity contribution is 5.93. The SMILES string of the molecule is O=C1CN(c2ccc(CNC(=O)c3ccc(OCC(F)(F)F)nc3)cc2)CCN1. The summed E-state index contributed by atoms with van der Waals surface area (Å²) in [5, 5.41) is 5.49. The van der Waals surface area contributed by atoms with Gasteiger partial charge in [0.2, 0.25) is 11.8 Å². The van der Waals surface area contributed by atoms with Gasteiger partial charge in [0.15, 0.2) is 6.61 Å². The summed E-state index contributed by atoms with van der Waals surface area (Å²) < 4.78 is 40.9. The van der Waals surface area contributed by atoms with Crippen LogP contribution < -0.4 is 20.3 Å². The zero-order valence-electron chi connectivity index (χ0n) is 15.3. The summed E-state index contributed by atoms with van der Waals surface area (Å²) in [4.78, 5) is 29.3. The number of carbonyl (C=O) groups is 2. The number of carbonyl (C=O) groups excluding carboxylic acids is 2. The minimum absolute atomic E-state index is 0.0176. The molecule has 0 unspecified atom stereocenters. The second-order valence-corrected chi connectivity index (χ2v) is 6.41. The average molecular weight is 408 g/mol. The maximum Gasteiger partial charge on any atom is 0.422 e. The Morgan fingerprint density at radius 1 is 1.21 bits per heavy atom. The topological polar surface area (TPSA) is 83.6 Å². The fraction of sp³-hybridized carbons (Fsp3) is 0.316. The molecule has 0 radical (unpaired) electrons. The molecule has 1 fully saturated rings. The zero-order chi connectivity index (χ0) is 20.9. The molecular formula is C19H19F3N4O3. The third-order valence-electron chi connectivity index (χ3n) is 4.18. The monoisotopic (exact) mass is 408 g/mol. The van der Waals surface area contributed by atoms with Gasteiger partial charge in [-0.25, -0.2) is 4.98 Å². The Hall–Kier alpha value is -3.30. The number of nitrogens with zero attached hydrogens (tertiary/aromatic N) is 2. The lowest BCUT2D eigenvalue weighted by molar-refractivity contribution is -0.154. The van der Waals surface area contributed by atoms with E-state index in [0.717, 1.165) is 24.0 Å². The fourth-order valence-corrected chi connectivity index (χ4v) is 2.72. The number of aromatic nitrogens is 1. The van der Waals surface area contributed by atoms with Gasteiger partial charge >= 0.3 is 6.18 Å². The van der Waals surface area contributed by atoms with E-state index in [1.54, 1.807) is 0 Å². The first-order valence-corrected chi connectivity index (χ1v) is 8.84. The average Bonchev–Trinajstić information content (AvgIpc) is 2.71. The second-order valence-electron chi connectivity index (χ2n) is 6.41. The second kappa shape index (κ2) is 8.80. The Kier molecular flexibility index (Phi) is 6.20. The lowest BCUT2D eigenvalue weighted by Crippen LogP contribution is -2.47. The van der Waals surface area contributed by atoms with Crippen molar-refractivity contribution >= 4 is 17.5 Å². The van der Waals surface area contributed by atoms with E-state index in [4.69, 9.17) is 0 Å². The van der Waals surface area contributed by atoms with E-state index in [0.29, 0.717) is 13.1 Å². The summed E-state index contributed by atoms with van der Waals surface area (Å²) in [6.45, 7) is 0.476. The number of halogens is 3. The highest BCUT2D eigenvalue weighted by atomic mass is 19.4. The number of ether oxygens (including phenoxy) is 1. The minimum Gasteiger partial charge on any atom is -0.468 e. The van der Waals surface area contributed by atoms with Crippen molar-refractivity contribution in [3.8, 4) is 5.88 Å². The van der Waals surface area contributed by atoms with Gasteiger partial charge in [0.1, 0.15) is 0 Å². The molecule has 1 saturated heterocycles. The van der Waals surface area contributed by atoms with E-state index in [9.17, 15) is 22.8 Å². The molecule has 2 heterocycles. The summed E-state index contributed by atoms with van der Waals surface area (Å²) in [6.07, 6.45) is -3.29. The molecule has 0 aliphatic carbocycles. The third-order valence-corrected chi connectivity index (χ3v) is 4.18. The van der Waals surface area contributed by atoms with Gasteiger partial charge < -0.3 is 20.3 Å². The predicted molar refractivity (Wildman–Crippen MR) is 98.6 cm³/mol. The van der Waals surface area contributed by atoms with Crippen LogP contribution in [-0.2, 0) is 11.3 Å². The van der Waals surface area contributed by atoms with Crippen LogP contribution in [0, 0.1) is 0 Å². The maximum atomic E-state index is 12.2. The van der Waals surface area contributed by atoms with Crippen molar-refractivity contribution in [2.45, 2.75) is 12.7 Å². The van der Waals surface area contributed by atoms with Crippen LogP contribution >= 0.6 is 0 Å². The standard InChI is InChI=1S/C19H19F3N4O3/c20-19(21,22)12-29-17-6-3-14(10-24-17)18(28)25-9-13-1-4-15(5-2-13)26-8-7-23-16(27)11-26/h1-6,10H,7-9,11-12H2,(H,23,27)(H,25,28). The number of hydrogen-bond donors (Lipinski definition) is 2. The first-order chi connectivity index (χ1) is 13.8. The van der Waals surface area contributed by atoms with Crippen LogP contribution in [0.2, 0.25) is 0 Å². The number of amides is 2. The summed E-state index contributed by atoms with van der Waals surface area (Å²) >= 11 is 0. The van der Waals surface area contributed by atoms with Gasteiger partial charge in [-0.3, -0.25) is 9.59 Å². The molecule has 2 aromatic rings. The predicted octanol–water partition coefficient (Wildman–Crippen LogP) is 1.89.